The van der Waals surface area contributed by atoms with Crippen molar-refractivity contribution in [1.82, 2.24) is 5.32 Å². The average molecular weight is 530 g/mol. The molecule has 1 unspecified atom stereocenters. The second-order valence-corrected chi connectivity index (χ2v) is 10.0. The molecule has 35 heavy (non-hydrogen) atoms. The van der Waals surface area contributed by atoms with E-state index in [0.29, 0.717) is 21.7 Å². The molecule has 3 N–H and O–H groups in total. The van der Waals surface area contributed by atoms with Crippen LogP contribution in [0.15, 0.2) is 42.5 Å². The molecule has 9 nitrogen and oxygen atoms in total. The molecule has 12 heteroatoms. The van der Waals surface area contributed by atoms with Gasteiger partial charge >= 0.3 is 19.5 Å². The molecule has 0 aliphatic heterocycles. The molecule has 0 heterocycles. The minimum absolute atomic E-state index is 0.164. The van der Waals surface area contributed by atoms with Gasteiger partial charge in [-0.15, -0.1) is 0 Å². The first kappa shape index (κ1) is 28.5. The Bertz CT molecular complexity index is 1110. The van der Waals surface area contributed by atoms with Crippen molar-refractivity contribution in [3.8, 4) is 11.1 Å². The second kappa shape index (κ2) is 12.8. The summed E-state index contributed by atoms with van der Waals surface area (Å²) in [5.41, 5.74) is 1.58. The van der Waals surface area contributed by atoms with Gasteiger partial charge in [-0.2, -0.15) is 0 Å². The van der Waals surface area contributed by atoms with E-state index in [2.05, 4.69) is 5.32 Å². The van der Waals surface area contributed by atoms with Crippen molar-refractivity contribution < 1.29 is 42.6 Å². The number of esters is 2. The average Bonchev–Trinajstić information content (AvgIpc) is 2.73. The number of carbonyl (C=O) groups excluding carboxylic acids is 3. The maximum Gasteiger partial charge on any atom is 0.326 e. The molecule has 0 bridgehead atoms. The van der Waals surface area contributed by atoms with Crippen LogP contribution in [0.2, 0.25) is 5.02 Å². The molecule has 0 fully saturated rings. The molecular formula is C23H26ClFNO8P. The zero-order valence-electron chi connectivity index (χ0n) is 19.1. The first-order valence-electron chi connectivity index (χ1n) is 10.6. The first-order chi connectivity index (χ1) is 16.3. The van der Waals surface area contributed by atoms with Crippen LogP contribution in [0.25, 0.3) is 11.1 Å². The van der Waals surface area contributed by atoms with Crippen LogP contribution < -0.4 is 5.32 Å². The Morgan fingerprint density at radius 1 is 1.11 bits per heavy atom. The van der Waals surface area contributed by atoms with E-state index in [1.54, 1.807) is 24.3 Å². The highest BCUT2D eigenvalue weighted by Gasteiger charge is 2.22. The molecule has 2 aromatic carbocycles. The smallest absolute Gasteiger partial charge is 0.326 e. The Labute approximate surface area is 206 Å². The molecule has 0 spiro atoms. The number of hydrogen-bond donors (Lipinski definition) is 3. The van der Waals surface area contributed by atoms with Gasteiger partial charge in [0.05, 0.1) is 12.6 Å². The molecule has 190 valence electrons. The quantitative estimate of drug-likeness (QED) is 0.228. The highest BCUT2D eigenvalue weighted by Crippen LogP contribution is 2.34. The number of rotatable bonds is 11. The predicted octanol–water partition coefficient (Wildman–Crippen LogP) is 3.58. The Hall–Kier alpha value is -2.78. The fraction of sp³-hybridized carbons (Fsp3) is 0.348. The van der Waals surface area contributed by atoms with E-state index >= 15 is 0 Å². The van der Waals surface area contributed by atoms with Crippen LogP contribution in [0.5, 0.6) is 0 Å². The summed E-state index contributed by atoms with van der Waals surface area (Å²) in [5, 5.41) is 2.96. The predicted molar refractivity (Wildman–Crippen MR) is 126 cm³/mol. The van der Waals surface area contributed by atoms with Gasteiger partial charge in [-0.3, -0.25) is 18.9 Å². The third kappa shape index (κ3) is 10.6. The van der Waals surface area contributed by atoms with Gasteiger partial charge in [-0.05, 0) is 35.7 Å². The summed E-state index contributed by atoms with van der Waals surface area (Å²) in [7, 11) is -4.37. The second-order valence-electron chi connectivity index (χ2n) is 7.80. The largest absolute Gasteiger partial charge is 0.426 e. The number of benzene rings is 2. The van der Waals surface area contributed by atoms with Crippen molar-refractivity contribution in [3.05, 3.63) is 58.9 Å². The van der Waals surface area contributed by atoms with Crippen molar-refractivity contribution >= 4 is 37.0 Å². The van der Waals surface area contributed by atoms with E-state index in [1.807, 2.05) is 0 Å². The van der Waals surface area contributed by atoms with E-state index < -0.39 is 56.2 Å². The molecule has 0 radical (unpaired) electrons. The monoisotopic (exact) mass is 529 g/mol. The molecular weight excluding hydrogens is 504 g/mol. The van der Waals surface area contributed by atoms with Gasteiger partial charge in [0.15, 0.2) is 0 Å². The molecule has 0 aliphatic carbocycles. The summed E-state index contributed by atoms with van der Waals surface area (Å²) < 4.78 is 35.0. The van der Waals surface area contributed by atoms with Gasteiger partial charge in [0.1, 0.15) is 5.82 Å². The fourth-order valence-corrected chi connectivity index (χ4v) is 3.90. The lowest BCUT2D eigenvalue weighted by Crippen LogP contribution is -2.39. The summed E-state index contributed by atoms with van der Waals surface area (Å²) in [6.07, 6.45) is -2.33. The zero-order chi connectivity index (χ0) is 26.2. The number of hydrogen-bond acceptors (Lipinski definition) is 6. The zero-order valence-corrected chi connectivity index (χ0v) is 20.7. The summed E-state index contributed by atoms with van der Waals surface area (Å²) in [6.45, 7) is 2.52. The highest BCUT2D eigenvalue weighted by atomic mass is 35.5. The number of carbonyl (C=O) groups is 3. The van der Waals surface area contributed by atoms with Crippen LogP contribution in [0, 0.1) is 5.82 Å². The maximum atomic E-state index is 14.1. The molecule has 0 aliphatic rings. The Kier molecular flexibility index (Phi) is 10.4. The number of amides is 1. The van der Waals surface area contributed by atoms with Crippen molar-refractivity contribution in [1.29, 1.82) is 0 Å². The van der Waals surface area contributed by atoms with Gasteiger partial charge in [0, 0.05) is 36.9 Å². The van der Waals surface area contributed by atoms with Gasteiger partial charge in [-0.25, -0.2) is 4.39 Å². The van der Waals surface area contributed by atoms with Gasteiger partial charge < -0.3 is 24.6 Å². The van der Waals surface area contributed by atoms with Crippen LogP contribution in [0.1, 0.15) is 32.3 Å². The highest BCUT2D eigenvalue weighted by molar-refractivity contribution is 7.51. The Balaban J connectivity index is 2.13. The molecule has 2 atom stereocenters. The van der Waals surface area contributed by atoms with Gasteiger partial charge in [0.25, 0.3) is 0 Å². The van der Waals surface area contributed by atoms with Gasteiger partial charge in [-0.1, -0.05) is 35.9 Å². The Morgan fingerprint density at radius 2 is 1.77 bits per heavy atom. The number of ether oxygens (including phenoxy) is 2. The van der Waals surface area contributed by atoms with Crippen LogP contribution in [0.4, 0.5) is 4.39 Å². The van der Waals surface area contributed by atoms with Crippen molar-refractivity contribution in [2.75, 3.05) is 6.16 Å². The minimum atomic E-state index is -4.37. The molecule has 1 amide bonds. The van der Waals surface area contributed by atoms with E-state index in [4.69, 9.17) is 30.9 Å². The van der Waals surface area contributed by atoms with E-state index in [0.717, 1.165) is 6.92 Å². The summed E-state index contributed by atoms with van der Waals surface area (Å²) in [4.78, 5) is 53.5. The summed E-state index contributed by atoms with van der Waals surface area (Å²) in [6, 6.07) is 10.1. The Morgan fingerprint density at radius 3 is 2.37 bits per heavy atom. The van der Waals surface area contributed by atoms with Crippen LogP contribution in [-0.2, 0) is 34.8 Å². The summed E-state index contributed by atoms with van der Waals surface area (Å²) in [5.74, 6) is -2.49. The molecule has 2 rings (SSSR count). The fourth-order valence-electron chi connectivity index (χ4n) is 3.24. The normalized spacial score (nSPS) is 13.0. The SMILES string of the molecule is CC(=O)OC(C)OC(=O)C[C@@H](Cc1ccc(-c2cc(Cl)ccc2F)cc1)NC(=O)CCP(=O)(O)O. The van der Waals surface area contributed by atoms with Gasteiger partial charge in [0.2, 0.25) is 12.2 Å². The first-order valence-corrected chi connectivity index (χ1v) is 12.7. The molecule has 0 saturated carbocycles. The maximum absolute atomic E-state index is 14.1. The standard InChI is InChI=1S/C23H26ClFNO8P/c1-14(27)33-15(2)34-23(29)13-19(26-22(28)9-10-35(30,31)32)11-16-3-5-17(6-4-16)20-12-18(24)7-8-21(20)25/h3-8,12,15,19H,9-11,13H2,1-2H3,(H,26,28)(H2,30,31,32)/t15?,19-/m1/s1. The third-order valence-corrected chi connectivity index (χ3v) is 5.75. The lowest BCUT2D eigenvalue weighted by molar-refractivity contribution is -0.183. The number of halogens is 2. The number of nitrogens with one attached hydrogen (secondary N) is 1. The third-order valence-electron chi connectivity index (χ3n) is 4.71. The van der Waals surface area contributed by atoms with Crippen LogP contribution >= 0.6 is 19.2 Å². The van der Waals surface area contributed by atoms with E-state index in [9.17, 15) is 23.3 Å². The van der Waals surface area contributed by atoms with E-state index in [-0.39, 0.29) is 12.8 Å². The van der Waals surface area contributed by atoms with Crippen molar-refractivity contribution in [2.45, 2.75) is 45.4 Å². The minimum Gasteiger partial charge on any atom is -0.426 e. The lowest BCUT2D eigenvalue weighted by atomic mass is 9.99. The molecule has 2 aromatic rings. The topological polar surface area (TPSA) is 139 Å². The van der Waals surface area contributed by atoms with Crippen molar-refractivity contribution in [2.24, 2.45) is 0 Å². The van der Waals surface area contributed by atoms with Crippen LogP contribution in [-0.4, -0.2) is 46.1 Å². The lowest BCUT2D eigenvalue weighted by Gasteiger charge is -2.20. The summed E-state index contributed by atoms with van der Waals surface area (Å²) >= 11 is 5.95. The molecule has 0 aromatic heterocycles. The van der Waals surface area contributed by atoms with E-state index in [1.165, 1.54) is 25.1 Å². The van der Waals surface area contributed by atoms with Crippen LogP contribution in [0.3, 0.4) is 0 Å². The molecule has 0 saturated heterocycles. The van der Waals surface area contributed by atoms with Crippen molar-refractivity contribution in [3.63, 3.8) is 0 Å².